The van der Waals surface area contributed by atoms with E-state index in [0.717, 1.165) is 38.2 Å². The third-order valence-corrected chi connectivity index (χ3v) is 4.84. The van der Waals surface area contributed by atoms with Gasteiger partial charge in [-0.3, -0.25) is 4.79 Å². The molecule has 0 aliphatic carbocycles. The Kier molecular flexibility index (Phi) is 4.51. The minimum atomic E-state index is -0.0469. The average Bonchev–Trinajstić information content (AvgIpc) is 3.39. The minimum absolute atomic E-state index is 0.00126. The van der Waals surface area contributed by atoms with E-state index in [2.05, 4.69) is 26.6 Å². The summed E-state index contributed by atoms with van der Waals surface area (Å²) in [5.41, 5.74) is 0.444. The molecule has 0 spiro atoms. The molecule has 3 aromatic rings. The topological polar surface area (TPSA) is 68.8 Å². The third-order valence-electron chi connectivity index (χ3n) is 4.84. The van der Waals surface area contributed by atoms with Gasteiger partial charge in [0.1, 0.15) is 11.5 Å². The van der Waals surface area contributed by atoms with E-state index in [-0.39, 0.29) is 11.9 Å². The minimum Gasteiger partial charge on any atom is -0.333 e. The van der Waals surface area contributed by atoms with Gasteiger partial charge in [-0.1, -0.05) is 6.07 Å². The summed E-state index contributed by atoms with van der Waals surface area (Å²) in [6.07, 6.45) is 10.3. The van der Waals surface area contributed by atoms with Crippen LogP contribution in [-0.2, 0) is 6.54 Å². The van der Waals surface area contributed by atoms with Gasteiger partial charge < -0.3 is 9.47 Å². The highest BCUT2D eigenvalue weighted by Crippen LogP contribution is 2.31. The van der Waals surface area contributed by atoms with Crippen molar-refractivity contribution in [3.8, 4) is 5.82 Å². The Morgan fingerprint density at radius 2 is 2.12 bits per heavy atom. The highest BCUT2D eigenvalue weighted by Gasteiger charge is 2.32. The number of piperidine rings is 1. The highest BCUT2D eigenvalue weighted by molar-refractivity contribution is 5.92. The summed E-state index contributed by atoms with van der Waals surface area (Å²) in [5, 5.41) is 4.19. The maximum Gasteiger partial charge on any atom is 0.273 e. The zero-order valence-electron chi connectivity index (χ0n) is 14.8. The Hall–Kier alpha value is -2.96. The Labute approximate surface area is 152 Å². The van der Waals surface area contributed by atoms with Crippen molar-refractivity contribution < 1.29 is 4.79 Å². The summed E-state index contributed by atoms with van der Waals surface area (Å²) < 4.78 is 3.78. The summed E-state index contributed by atoms with van der Waals surface area (Å²) in [7, 11) is 0. The fraction of sp³-hybridized carbons (Fsp3) is 0.368. The molecule has 4 rings (SSSR count). The molecule has 0 saturated carbocycles. The number of aromatic nitrogens is 5. The molecule has 0 bridgehead atoms. The van der Waals surface area contributed by atoms with Crippen LogP contribution in [0.15, 0.2) is 49.1 Å². The van der Waals surface area contributed by atoms with Gasteiger partial charge in [0.05, 0.1) is 6.04 Å². The van der Waals surface area contributed by atoms with Crippen molar-refractivity contribution in [2.24, 2.45) is 0 Å². The van der Waals surface area contributed by atoms with Gasteiger partial charge in [-0.25, -0.2) is 14.6 Å². The second kappa shape index (κ2) is 7.11. The zero-order valence-corrected chi connectivity index (χ0v) is 14.8. The van der Waals surface area contributed by atoms with Crippen LogP contribution >= 0.6 is 0 Å². The normalized spacial score (nSPS) is 17.4. The van der Waals surface area contributed by atoms with Gasteiger partial charge in [0.25, 0.3) is 5.91 Å². The first kappa shape index (κ1) is 16.5. The Morgan fingerprint density at radius 1 is 1.19 bits per heavy atom. The maximum absolute atomic E-state index is 13.2. The van der Waals surface area contributed by atoms with E-state index in [1.54, 1.807) is 16.9 Å². The van der Waals surface area contributed by atoms with Crippen molar-refractivity contribution in [2.45, 2.75) is 38.8 Å². The molecule has 26 heavy (non-hydrogen) atoms. The van der Waals surface area contributed by atoms with E-state index in [4.69, 9.17) is 0 Å². The second-order valence-electron chi connectivity index (χ2n) is 6.41. The number of aryl methyl sites for hydroxylation is 1. The standard InChI is InChI=1S/C19H22N6O/c1-2-23-14-11-20-18(23)16-8-3-4-12-24(16)19(26)15-7-5-9-17(22-15)25-13-6-10-21-25/h5-7,9-11,13-14,16H,2-4,8,12H2,1H3/t16-/m0/s1. The summed E-state index contributed by atoms with van der Waals surface area (Å²) in [6.45, 7) is 3.67. The van der Waals surface area contributed by atoms with Crippen LogP contribution in [-0.4, -0.2) is 41.7 Å². The predicted molar refractivity (Wildman–Crippen MR) is 96.9 cm³/mol. The molecule has 1 saturated heterocycles. The van der Waals surface area contributed by atoms with E-state index in [0.29, 0.717) is 11.5 Å². The van der Waals surface area contributed by atoms with Crippen molar-refractivity contribution in [2.75, 3.05) is 6.54 Å². The lowest BCUT2D eigenvalue weighted by atomic mass is 10.0. The van der Waals surface area contributed by atoms with Crippen LogP contribution in [0.2, 0.25) is 0 Å². The Balaban J connectivity index is 1.65. The summed E-state index contributed by atoms with van der Waals surface area (Å²) >= 11 is 0. The number of likely N-dealkylation sites (tertiary alicyclic amines) is 1. The predicted octanol–water partition coefficient (Wildman–Crippen LogP) is 2.85. The molecular formula is C19H22N6O. The van der Waals surface area contributed by atoms with Gasteiger partial charge in [-0.05, 0) is 44.4 Å². The molecule has 0 radical (unpaired) electrons. The highest BCUT2D eigenvalue weighted by atomic mass is 16.2. The molecule has 1 atom stereocenters. The van der Waals surface area contributed by atoms with Gasteiger partial charge in [-0.2, -0.15) is 5.10 Å². The fourth-order valence-electron chi connectivity index (χ4n) is 3.55. The number of amides is 1. The Morgan fingerprint density at radius 3 is 2.92 bits per heavy atom. The number of nitrogens with zero attached hydrogens (tertiary/aromatic N) is 6. The smallest absolute Gasteiger partial charge is 0.273 e. The number of rotatable bonds is 4. The molecule has 7 heteroatoms. The molecule has 1 fully saturated rings. The van der Waals surface area contributed by atoms with Crippen LogP contribution in [0.4, 0.5) is 0 Å². The molecule has 4 heterocycles. The van der Waals surface area contributed by atoms with Crippen LogP contribution in [0.25, 0.3) is 5.82 Å². The van der Waals surface area contributed by atoms with Gasteiger partial charge in [-0.15, -0.1) is 0 Å². The number of carbonyl (C=O) groups excluding carboxylic acids is 1. The monoisotopic (exact) mass is 350 g/mol. The molecular weight excluding hydrogens is 328 g/mol. The van der Waals surface area contributed by atoms with E-state index < -0.39 is 0 Å². The van der Waals surface area contributed by atoms with Crippen molar-refractivity contribution in [3.05, 3.63) is 60.6 Å². The van der Waals surface area contributed by atoms with Crippen molar-refractivity contribution in [3.63, 3.8) is 0 Å². The lowest BCUT2D eigenvalue weighted by molar-refractivity contribution is 0.0589. The maximum atomic E-state index is 13.2. The van der Waals surface area contributed by atoms with Crippen LogP contribution in [0.5, 0.6) is 0 Å². The van der Waals surface area contributed by atoms with Crippen molar-refractivity contribution in [1.29, 1.82) is 0 Å². The largest absolute Gasteiger partial charge is 0.333 e. The molecule has 0 aromatic carbocycles. The first-order valence-electron chi connectivity index (χ1n) is 9.07. The number of pyridine rings is 1. The number of carbonyl (C=O) groups is 1. The summed E-state index contributed by atoms with van der Waals surface area (Å²) in [5.74, 6) is 1.56. The van der Waals surface area contributed by atoms with Crippen LogP contribution in [0, 0.1) is 0 Å². The van der Waals surface area contributed by atoms with Crippen LogP contribution in [0.1, 0.15) is 48.5 Å². The number of hydrogen-bond donors (Lipinski definition) is 0. The second-order valence-corrected chi connectivity index (χ2v) is 6.41. The molecule has 7 nitrogen and oxygen atoms in total. The summed E-state index contributed by atoms with van der Waals surface area (Å²) in [4.78, 5) is 24.2. The van der Waals surface area contributed by atoms with Crippen molar-refractivity contribution >= 4 is 5.91 Å². The number of imidazole rings is 1. The molecule has 1 amide bonds. The molecule has 134 valence electrons. The van der Waals surface area contributed by atoms with Crippen LogP contribution < -0.4 is 0 Å². The molecule has 0 unspecified atom stereocenters. The number of hydrogen-bond acceptors (Lipinski definition) is 4. The van der Waals surface area contributed by atoms with Crippen LogP contribution in [0.3, 0.4) is 0 Å². The Bertz CT molecular complexity index is 885. The van der Waals surface area contributed by atoms with Crippen molar-refractivity contribution in [1.82, 2.24) is 29.2 Å². The van der Waals surface area contributed by atoms with E-state index >= 15 is 0 Å². The zero-order chi connectivity index (χ0) is 17.9. The van der Waals surface area contributed by atoms with E-state index in [1.165, 1.54) is 0 Å². The molecule has 0 N–H and O–H groups in total. The average molecular weight is 350 g/mol. The molecule has 1 aliphatic heterocycles. The van der Waals surface area contributed by atoms with E-state index in [1.807, 2.05) is 41.7 Å². The first-order valence-corrected chi connectivity index (χ1v) is 9.07. The quantitative estimate of drug-likeness (QED) is 0.725. The third kappa shape index (κ3) is 3.00. The lowest BCUT2D eigenvalue weighted by Crippen LogP contribution is -2.40. The van der Waals surface area contributed by atoms with Gasteiger partial charge >= 0.3 is 0 Å². The van der Waals surface area contributed by atoms with Gasteiger partial charge in [0.2, 0.25) is 0 Å². The fourth-order valence-corrected chi connectivity index (χ4v) is 3.55. The van der Waals surface area contributed by atoms with Gasteiger partial charge in [0.15, 0.2) is 5.82 Å². The molecule has 3 aromatic heterocycles. The summed E-state index contributed by atoms with van der Waals surface area (Å²) in [6, 6.07) is 7.31. The van der Waals surface area contributed by atoms with Gasteiger partial charge in [0, 0.05) is 37.9 Å². The first-order chi connectivity index (χ1) is 12.8. The SMILES string of the molecule is CCn1ccnc1[C@@H]1CCCCN1C(=O)c1cccc(-n2cccn2)n1. The lowest BCUT2D eigenvalue weighted by Gasteiger charge is -2.35. The molecule has 1 aliphatic rings. The van der Waals surface area contributed by atoms with E-state index in [9.17, 15) is 4.79 Å².